The molecule has 0 bridgehead atoms. The number of likely N-dealkylation sites (tertiary alicyclic amines) is 1. The fraction of sp³-hybridized carbons (Fsp3) is 0.400. The van der Waals surface area contributed by atoms with Gasteiger partial charge in [0, 0.05) is 31.7 Å². The van der Waals surface area contributed by atoms with E-state index in [2.05, 4.69) is 27.5 Å². The van der Waals surface area contributed by atoms with Gasteiger partial charge in [0.2, 0.25) is 5.91 Å². The molecule has 1 aromatic carbocycles. The van der Waals surface area contributed by atoms with Gasteiger partial charge in [-0.3, -0.25) is 14.6 Å². The van der Waals surface area contributed by atoms with E-state index in [0.717, 1.165) is 43.6 Å². The van der Waals surface area contributed by atoms with Gasteiger partial charge in [-0.1, -0.05) is 25.1 Å². The number of para-hydroxylation sites is 1. The monoisotopic (exact) mass is 367 g/mol. The van der Waals surface area contributed by atoms with E-state index >= 15 is 0 Å². The van der Waals surface area contributed by atoms with Crippen LogP contribution in [-0.2, 0) is 11.2 Å². The zero-order valence-corrected chi connectivity index (χ0v) is 15.6. The quantitative estimate of drug-likeness (QED) is 0.786. The molecule has 0 spiro atoms. The van der Waals surface area contributed by atoms with Crippen molar-refractivity contribution in [3.05, 3.63) is 47.9 Å². The number of carbonyl (C=O) groups is 2. The van der Waals surface area contributed by atoms with Gasteiger partial charge in [-0.05, 0) is 30.9 Å². The number of nitrogens with zero attached hydrogens (tertiary/aromatic N) is 3. The average molecular weight is 367 g/mol. The fourth-order valence-corrected chi connectivity index (χ4v) is 3.10. The third-order valence-corrected chi connectivity index (χ3v) is 4.58. The van der Waals surface area contributed by atoms with Gasteiger partial charge in [0.15, 0.2) is 0 Å². The van der Waals surface area contributed by atoms with E-state index < -0.39 is 0 Å². The van der Waals surface area contributed by atoms with Crippen LogP contribution in [0.4, 0.5) is 11.5 Å². The molecule has 27 heavy (non-hydrogen) atoms. The highest BCUT2D eigenvalue weighted by molar-refractivity contribution is 5.93. The highest BCUT2D eigenvalue weighted by Gasteiger charge is 2.21. The number of amides is 2. The number of rotatable bonds is 7. The molecule has 142 valence electrons. The highest BCUT2D eigenvalue weighted by atomic mass is 16.2. The summed E-state index contributed by atoms with van der Waals surface area (Å²) in [5, 5.41) is 6.01. The van der Waals surface area contributed by atoms with Crippen molar-refractivity contribution >= 4 is 23.3 Å². The summed E-state index contributed by atoms with van der Waals surface area (Å²) in [5.74, 6) is 0.347. The molecule has 7 heteroatoms. The summed E-state index contributed by atoms with van der Waals surface area (Å²) in [6, 6.07) is 7.78. The van der Waals surface area contributed by atoms with E-state index in [1.807, 2.05) is 24.3 Å². The summed E-state index contributed by atoms with van der Waals surface area (Å²) < 4.78 is 0. The molecular weight excluding hydrogens is 342 g/mol. The summed E-state index contributed by atoms with van der Waals surface area (Å²) in [7, 11) is 0. The molecule has 0 saturated carbocycles. The van der Waals surface area contributed by atoms with Gasteiger partial charge in [-0.15, -0.1) is 0 Å². The Hall–Kier alpha value is -2.96. The topological polar surface area (TPSA) is 87.2 Å². The smallest absolute Gasteiger partial charge is 0.274 e. The first kappa shape index (κ1) is 18.8. The maximum atomic E-state index is 12.4. The molecule has 0 atom stereocenters. The molecule has 1 saturated heterocycles. The maximum absolute atomic E-state index is 12.4. The second-order valence-electron chi connectivity index (χ2n) is 6.52. The van der Waals surface area contributed by atoms with E-state index in [0.29, 0.717) is 24.5 Å². The van der Waals surface area contributed by atoms with Gasteiger partial charge in [0.05, 0.1) is 12.4 Å². The number of hydrogen-bond donors (Lipinski definition) is 2. The summed E-state index contributed by atoms with van der Waals surface area (Å²) in [5.41, 5.74) is 2.30. The molecule has 0 aliphatic carbocycles. The molecule has 1 fully saturated rings. The molecule has 2 heterocycles. The molecule has 2 N–H and O–H groups in total. The molecule has 3 rings (SSSR count). The van der Waals surface area contributed by atoms with E-state index in [-0.39, 0.29) is 11.8 Å². The minimum Gasteiger partial charge on any atom is -0.368 e. The maximum Gasteiger partial charge on any atom is 0.274 e. The predicted octanol–water partition coefficient (Wildman–Crippen LogP) is 2.72. The molecule has 0 radical (unpaired) electrons. The number of aromatic nitrogens is 2. The van der Waals surface area contributed by atoms with Crippen molar-refractivity contribution in [2.45, 2.75) is 32.6 Å². The van der Waals surface area contributed by atoms with Gasteiger partial charge in [-0.2, -0.15) is 0 Å². The Morgan fingerprint density at radius 1 is 1.15 bits per heavy atom. The minimum absolute atomic E-state index is 0.0688. The van der Waals surface area contributed by atoms with Crippen LogP contribution in [0.3, 0.4) is 0 Å². The molecule has 7 nitrogen and oxygen atoms in total. The van der Waals surface area contributed by atoms with E-state index in [1.54, 1.807) is 11.1 Å². The Bertz CT molecular complexity index is 802. The Morgan fingerprint density at radius 3 is 2.70 bits per heavy atom. The number of carbonyl (C=O) groups excluding carboxylic acids is 2. The summed E-state index contributed by atoms with van der Waals surface area (Å²) >= 11 is 0. The van der Waals surface area contributed by atoms with Gasteiger partial charge >= 0.3 is 0 Å². The molecule has 0 unspecified atom stereocenters. The molecule has 1 aliphatic rings. The number of benzene rings is 1. The Labute approximate surface area is 159 Å². The third-order valence-electron chi connectivity index (χ3n) is 4.58. The SMILES string of the molecule is CCc1ccccc1NC(=O)CCNc1cncc(C(=O)N2CCCC2)n1. The van der Waals surface area contributed by atoms with Crippen LogP contribution in [0.15, 0.2) is 36.7 Å². The lowest BCUT2D eigenvalue weighted by molar-refractivity contribution is -0.115. The Morgan fingerprint density at radius 2 is 1.93 bits per heavy atom. The van der Waals surface area contributed by atoms with Crippen molar-refractivity contribution in [2.24, 2.45) is 0 Å². The molecule has 1 aliphatic heterocycles. The number of nitrogens with one attached hydrogen (secondary N) is 2. The van der Waals surface area contributed by atoms with Crippen LogP contribution in [0.1, 0.15) is 42.2 Å². The molecular formula is C20H25N5O2. The Kier molecular flexibility index (Phi) is 6.35. The predicted molar refractivity (Wildman–Crippen MR) is 105 cm³/mol. The lowest BCUT2D eigenvalue weighted by Gasteiger charge is -2.14. The van der Waals surface area contributed by atoms with Gasteiger partial charge in [0.25, 0.3) is 5.91 Å². The first-order valence-electron chi connectivity index (χ1n) is 9.40. The molecule has 1 aromatic heterocycles. The second kappa shape index (κ2) is 9.12. The summed E-state index contributed by atoms with van der Waals surface area (Å²) in [4.78, 5) is 34.8. The van der Waals surface area contributed by atoms with Crippen LogP contribution < -0.4 is 10.6 Å². The normalized spacial score (nSPS) is 13.4. The van der Waals surface area contributed by atoms with Crippen LogP contribution in [0, 0.1) is 0 Å². The number of anilines is 2. The van der Waals surface area contributed by atoms with Crippen molar-refractivity contribution < 1.29 is 9.59 Å². The van der Waals surface area contributed by atoms with Crippen LogP contribution in [-0.4, -0.2) is 46.3 Å². The first-order valence-corrected chi connectivity index (χ1v) is 9.40. The number of aryl methyl sites for hydroxylation is 1. The first-order chi connectivity index (χ1) is 13.2. The zero-order valence-electron chi connectivity index (χ0n) is 15.6. The van der Waals surface area contributed by atoms with Crippen molar-refractivity contribution in [2.75, 3.05) is 30.3 Å². The van der Waals surface area contributed by atoms with E-state index in [9.17, 15) is 9.59 Å². The van der Waals surface area contributed by atoms with Crippen LogP contribution in [0.5, 0.6) is 0 Å². The van der Waals surface area contributed by atoms with Crippen LogP contribution in [0.25, 0.3) is 0 Å². The van der Waals surface area contributed by atoms with Crippen molar-refractivity contribution in [3.8, 4) is 0 Å². The fourth-order valence-electron chi connectivity index (χ4n) is 3.10. The second-order valence-corrected chi connectivity index (χ2v) is 6.52. The van der Waals surface area contributed by atoms with Crippen LogP contribution in [0.2, 0.25) is 0 Å². The lowest BCUT2D eigenvalue weighted by atomic mass is 10.1. The standard InChI is InChI=1S/C20H25N5O2/c1-2-15-7-3-4-8-16(15)24-19(26)9-10-22-18-14-21-13-17(23-18)20(27)25-11-5-6-12-25/h3-4,7-8,13-14H,2,5-6,9-12H2,1H3,(H,22,23)(H,24,26). The zero-order chi connectivity index (χ0) is 19.1. The highest BCUT2D eigenvalue weighted by Crippen LogP contribution is 2.16. The number of hydrogen-bond acceptors (Lipinski definition) is 5. The van der Waals surface area contributed by atoms with E-state index in [4.69, 9.17) is 0 Å². The van der Waals surface area contributed by atoms with E-state index in [1.165, 1.54) is 6.20 Å². The van der Waals surface area contributed by atoms with Gasteiger partial charge in [-0.25, -0.2) is 4.98 Å². The van der Waals surface area contributed by atoms with Crippen molar-refractivity contribution in [1.82, 2.24) is 14.9 Å². The largest absolute Gasteiger partial charge is 0.368 e. The van der Waals surface area contributed by atoms with Crippen molar-refractivity contribution in [3.63, 3.8) is 0 Å². The molecule has 2 aromatic rings. The lowest BCUT2D eigenvalue weighted by Crippen LogP contribution is -2.28. The van der Waals surface area contributed by atoms with Crippen molar-refractivity contribution in [1.29, 1.82) is 0 Å². The third kappa shape index (κ3) is 5.03. The Balaban J connectivity index is 1.50. The molecule has 2 amide bonds. The minimum atomic E-state index is -0.0856. The van der Waals surface area contributed by atoms with Crippen LogP contribution >= 0.6 is 0 Å². The van der Waals surface area contributed by atoms with Gasteiger partial charge in [0.1, 0.15) is 11.5 Å². The van der Waals surface area contributed by atoms with Gasteiger partial charge < -0.3 is 15.5 Å². The average Bonchev–Trinajstić information content (AvgIpc) is 3.23. The summed E-state index contributed by atoms with van der Waals surface area (Å²) in [6.45, 7) is 4.02. The summed E-state index contributed by atoms with van der Waals surface area (Å²) in [6.07, 6.45) is 6.28.